The zero-order chi connectivity index (χ0) is 20.3. The Morgan fingerprint density at radius 2 is 1.39 bits per heavy atom. The number of aromatic nitrogens is 1. The van der Waals surface area contributed by atoms with Crippen molar-refractivity contribution in [1.29, 1.82) is 0 Å². The minimum atomic E-state index is -1.52. The second-order valence-corrected chi connectivity index (χ2v) is 5.72. The van der Waals surface area contributed by atoms with Gasteiger partial charge in [-0.05, 0) is 35.4 Å². The van der Waals surface area contributed by atoms with E-state index in [0.29, 0.717) is 23.1 Å². The molecule has 3 rings (SSSR count). The number of ether oxygens (including phenoxy) is 3. The summed E-state index contributed by atoms with van der Waals surface area (Å²) in [5, 5.41) is 2.76. The van der Waals surface area contributed by atoms with Crippen molar-refractivity contribution in [1.82, 2.24) is 4.98 Å². The van der Waals surface area contributed by atoms with E-state index < -0.39 is 17.5 Å². The Hall–Kier alpha value is -3.42. The van der Waals surface area contributed by atoms with Crippen molar-refractivity contribution in [2.45, 2.75) is 0 Å². The van der Waals surface area contributed by atoms with Crippen LogP contribution in [0.2, 0.25) is 0 Å². The van der Waals surface area contributed by atoms with E-state index in [0.717, 1.165) is 23.3 Å². The molecule has 0 radical (unpaired) electrons. The Morgan fingerprint density at radius 1 is 0.786 bits per heavy atom. The first-order valence-corrected chi connectivity index (χ1v) is 8.14. The molecule has 8 heteroatoms. The van der Waals surface area contributed by atoms with E-state index in [1.807, 2.05) is 0 Å². The minimum absolute atomic E-state index is 0.0333. The van der Waals surface area contributed by atoms with Gasteiger partial charge in [0, 0.05) is 24.0 Å². The zero-order valence-corrected chi connectivity index (χ0v) is 15.3. The molecule has 0 fully saturated rings. The maximum absolute atomic E-state index is 13.4. The van der Waals surface area contributed by atoms with Gasteiger partial charge < -0.3 is 19.5 Å². The molecule has 0 saturated heterocycles. The number of hydrogen-bond donors (Lipinski definition) is 1. The Morgan fingerprint density at radius 3 is 1.93 bits per heavy atom. The van der Waals surface area contributed by atoms with E-state index in [9.17, 15) is 13.2 Å². The normalized spacial score (nSPS) is 10.5. The number of nitrogens with one attached hydrogen (secondary N) is 1. The molecule has 0 unspecified atom stereocenters. The van der Waals surface area contributed by atoms with Crippen LogP contribution < -0.4 is 19.5 Å². The number of methoxy groups -OCH3 is 3. The highest BCUT2D eigenvalue weighted by Crippen LogP contribution is 2.41. The number of anilines is 2. The van der Waals surface area contributed by atoms with Crippen LogP contribution in [0.4, 0.5) is 24.7 Å². The van der Waals surface area contributed by atoms with Crippen LogP contribution in [-0.4, -0.2) is 26.3 Å². The highest BCUT2D eigenvalue weighted by molar-refractivity contribution is 5.73. The van der Waals surface area contributed by atoms with Gasteiger partial charge in [0.2, 0.25) is 5.75 Å². The van der Waals surface area contributed by atoms with Crippen LogP contribution in [0.1, 0.15) is 0 Å². The van der Waals surface area contributed by atoms with Crippen LogP contribution >= 0.6 is 0 Å². The largest absolute Gasteiger partial charge is 0.493 e. The third kappa shape index (κ3) is 3.80. The second-order valence-electron chi connectivity index (χ2n) is 5.72. The molecule has 0 atom stereocenters. The van der Waals surface area contributed by atoms with Crippen LogP contribution in [0.5, 0.6) is 17.2 Å². The van der Waals surface area contributed by atoms with Gasteiger partial charge in [0.1, 0.15) is 5.82 Å². The zero-order valence-electron chi connectivity index (χ0n) is 15.3. The van der Waals surface area contributed by atoms with Crippen LogP contribution in [0.15, 0.2) is 42.6 Å². The molecule has 1 N–H and O–H groups in total. The van der Waals surface area contributed by atoms with Gasteiger partial charge in [-0.2, -0.15) is 0 Å². The number of nitrogens with zero attached hydrogens (tertiary/aromatic N) is 1. The quantitative estimate of drug-likeness (QED) is 0.605. The van der Waals surface area contributed by atoms with Crippen molar-refractivity contribution >= 4 is 11.5 Å². The van der Waals surface area contributed by atoms with Gasteiger partial charge in [-0.1, -0.05) is 0 Å². The summed E-state index contributed by atoms with van der Waals surface area (Å²) in [6, 6.07) is 8.64. The Labute approximate surface area is 159 Å². The van der Waals surface area contributed by atoms with E-state index in [-0.39, 0.29) is 5.69 Å². The van der Waals surface area contributed by atoms with Gasteiger partial charge in [-0.15, -0.1) is 0 Å². The molecule has 0 spiro atoms. The van der Waals surface area contributed by atoms with Crippen molar-refractivity contribution in [2.24, 2.45) is 0 Å². The molecule has 146 valence electrons. The third-order valence-corrected chi connectivity index (χ3v) is 4.01. The second kappa shape index (κ2) is 8.08. The van der Waals surface area contributed by atoms with Gasteiger partial charge in [-0.25, -0.2) is 18.2 Å². The van der Waals surface area contributed by atoms with Gasteiger partial charge in [-0.3, -0.25) is 0 Å². The molecule has 0 saturated carbocycles. The summed E-state index contributed by atoms with van der Waals surface area (Å²) in [6.07, 6.45) is 1.52. The molecule has 5 nitrogen and oxygen atoms in total. The monoisotopic (exact) mass is 390 g/mol. The Kier molecular flexibility index (Phi) is 5.58. The van der Waals surface area contributed by atoms with Crippen molar-refractivity contribution in [3.05, 3.63) is 60.0 Å². The first kappa shape index (κ1) is 19.3. The topological polar surface area (TPSA) is 52.6 Å². The molecule has 0 aliphatic carbocycles. The summed E-state index contributed by atoms with van der Waals surface area (Å²) < 4.78 is 55.9. The van der Waals surface area contributed by atoms with Crippen LogP contribution in [-0.2, 0) is 0 Å². The first-order valence-electron chi connectivity index (χ1n) is 8.14. The lowest BCUT2D eigenvalue weighted by Gasteiger charge is -2.14. The summed E-state index contributed by atoms with van der Waals surface area (Å²) in [5.41, 5.74) is 1.52. The first-order chi connectivity index (χ1) is 13.5. The average molecular weight is 390 g/mol. The summed E-state index contributed by atoms with van der Waals surface area (Å²) >= 11 is 0. The van der Waals surface area contributed by atoms with E-state index in [1.165, 1.54) is 27.5 Å². The lowest BCUT2D eigenvalue weighted by atomic mass is 10.1. The highest BCUT2D eigenvalue weighted by Gasteiger charge is 2.15. The molecule has 28 heavy (non-hydrogen) atoms. The number of benzene rings is 2. The maximum atomic E-state index is 13.4. The number of halogens is 3. The van der Waals surface area contributed by atoms with Crippen molar-refractivity contribution in [3.63, 3.8) is 0 Å². The fourth-order valence-corrected chi connectivity index (χ4v) is 2.70. The van der Waals surface area contributed by atoms with E-state index in [4.69, 9.17) is 14.2 Å². The molecule has 3 aromatic rings. The molecule has 1 aromatic heterocycles. The Balaban J connectivity index is 1.98. The predicted molar refractivity (Wildman–Crippen MR) is 98.9 cm³/mol. The van der Waals surface area contributed by atoms with Crippen LogP contribution in [0.3, 0.4) is 0 Å². The summed E-state index contributed by atoms with van der Waals surface area (Å²) in [5.74, 6) is -2.37. The molecule has 2 aromatic carbocycles. The lowest BCUT2D eigenvalue weighted by molar-refractivity contribution is 0.324. The van der Waals surface area contributed by atoms with Gasteiger partial charge in [0.05, 0.1) is 21.3 Å². The van der Waals surface area contributed by atoms with Crippen LogP contribution in [0.25, 0.3) is 11.1 Å². The van der Waals surface area contributed by atoms with Gasteiger partial charge in [0.15, 0.2) is 29.0 Å². The predicted octanol–water partition coefficient (Wildman–Crippen LogP) is 4.94. The van der Waals surface area contributed by atoms with E-state index in [1.54, 1.807) is 24.3 Å². The van der Waals surface area contributed by atoms with Crippen molar-refractivity contribution < 1.29 is 27.4 Å². The molecular formula is C20H17F3N2O3. The molecular weight excluding hydrogens is 373 g/mol. The number of rotatable bonds is 6. The number of hydrogen-bond acceptors (Lipinski definition) is 5. The lowest BCUT2D eigenvalue weighted by Crippen LogP contribution is -1.98. The Bertz CT molecular complexity index is 964. The minimum Gasteiger partial charge on any atom is -0.493 e. The molecule has 0 amide bonds. The van der Waals surface area contributed by atoms with Gasteiger partial charge >= 0.3 is 0 Å². The molecule has 0 aliphatic heterocycles. The van der Waals surface area contributed by atoms with Crippen LogP contribution in [0, 0.1) is 17.5 Å². The van der Waals surface area contributed by atoms with Crippen molar-refractivity contribution in [3.8, 4) is 28.4 Å². The fourth-order valence-electron chi connectivity index (χ4n) is 2.70. The van der Waals surface area contributed by atoms with E-state index in [2.05, 4.69) is 10.3 Å². The summed E-state index contributed by atoms with van der Waals surface area (Å²) in [4.78, 5) is 4.12. The number of pyridine rings is 1. The SMILES string of the molecule is COc1cc(-c2ccnc(Nc3cc(F)c(F)c(F)c3)c2)cc(OC)c1OC. The molecule has 0 aliphatic rings. The summed E-state index contributed by atoms with van der Waals surface area (Å²) in [7, 11) is 4.53. The fraction of sp³-hybridized carbons (Fsp3) is 0.150. The summed E-state index contributed by atoms with van der Waals surface area (Å²) in [6.45, 7) is 0. The molecule has 0 bridgehead atoms. The van der Waals surface area contributed by atoms with Crippen molar-refractivity contribution in [2.75, 3.05) is 26.6 Å². The average Bonchev–Trinajstić information content (AvgIpc) is 2.70. The maximum Gasteiger partial charge on any atom is 0.203 e. The highest BCUT2D eigenvalue weighted by atomic mass is 19.2. The third-order valence-electron chi connectivity index (χ3n) is 4.01. The van der Waals surface area contributed by atoms with E-state index >= 15 is 0 Å². The standard InChI is InChI=1S/C20H17F3N2O3/c1-26-16-6-12(7-17(27-2)20(16)28-3)11-4-5-24-18(8-11)25-13-9-14(21)19(23)15(22)10-13/h4-10H,1-3H3,(H,24,25). The smallest absolute Gasteiger partial charge is 0.203 e. The molecule has 1 heterocycles. The van der Waals surface area contributed by atoms with Gasteiger partial charge in [0.25, 0.3) is 0 Å².